The minimum atomic E-state index is 0.550. The summed E-state index contributed by atoms with van der Waals surface area (Å²) in [6, 6.07) is 2.29. The van der Waals surface area contributed by atoms with Gasteiger partial charge in [-0.05, 0) is 37.0 Å². The first-order valence-electron chi connectivity index (χ1n) is 3.74. The van der Waals surface area contributed by atoms with Crippen molar-refractivity contribution >= 4 is 0 Å². The van der Waals surface area contributed by atoms with Gasteiger partial charge >= 0.3 is 0 Å². The fourth-order valence-corrected chi connectivity index (χ4v) is 2.26. The van der Waals surface area contributed by atoms with Crippen LogP contribution in [0, 0.1) is 22.7 Å². The van der Waals surface area contributed by atoms with Crippen LogP contribution in [0.15, 0.2) is 0 Å². The lowest BCUT2D eigenvalue weighted by atomic mass is 9.47. The summed E-state index contributed by atoms with van der Waals surface area (Å²) in [6.45, 7) is 0. The van der Waals surface area contributed by atoms with Gasteiger partial charge in [0.25, 0.3) is 0 Å². The van der Waals surface area contributed by atoms with Gasteiger partial charge in [0.1, 0.15) is 0 Å². The Hall–Kier alpha value is -0.510. The van der Waals surface area contributed by atoms with Crippen LogP contribution in [-0.4, -0.2) is 0 Å². The third-order valence-corrected chi connectivity index (χ3v) is 3.28. The van der Waals surface area contributed by atoms with E-state index >= 15 is 0 Å². The summed E-state index contributed by atoms with van der Waals surface area (Å²) < 4.78 is 0. The van der Waals surface area contributed by atoms with Crippen LogP contribution in [0.3, 0.4) is 0 Å². The molecule has 2 saturated carbocycles. The Kier molecular flexibility index (Phi) is 0.883. The van der Waals surface area contributed by atoms with Crippen LogP contribution in [0.5, 0.6) is 0 Å². The van der Waals surface area contributed by atoms with E-state index in [1.54, 1.807) is 0 Å². The molecule has 2 rings (SSSR count). The van der Waals surface area contributed by atoms with Crippen LogP contribution < -0.4 is 0 Å². The van der Waals surface area contributed by atoms with Gasteiger partial charge in [-0.15, -0.1) is 0 Å². The van der Waals surface area contributed by atoms with Crippen LogP contribution in [0.25, 0.3) is 0 Å². The highest BCUT2D eigenvalue weighted by atomic mass is 14.6. The maximum atomic E-state index is 8.47. The van der Waals surface area contributed by atoms with Gasteiger partial charge in [0, 0.05) is 6.42 Å². The topological polar surface area (TPSA) is 23.8 Å². The molecule has 0 spiro atoms. The molecule has 1 heteroatoms. The fourth-order valence-electron chi connectivity index (χ4n) is 2.26. The Labute approximate surface area is 55.7 Å². The van der Waals surface area contributed by atoms with Gasteiger partial charge < -0.3 is 0 Å². The Morgan fingerprint density at radius 3 is 2.22 bits per heavy atom. The summed E-state index contributed by atoms with van der Waals surface area (Å²) in [7, 11) is 0. The van der Waals surface area contributed by atoms with Gasteiger partial charge in [-0.1, -0.05) is 0 Å². The number of nitrogens with zero attached hydrogens (tertiary/aromatic N) is 1. The van der Waals surface area contributed by atoms with Gasteiger partial charge in [0.15, 0.2) is 0 Å². The molecule has 0 bridgehead atoms. The van der Waals surface area contributed by atoms with Gasteiger partial charge in [-0.25, -0.2) is 0 Å². The van der Waals surface area contributed by atoms with Crippen molar-refractivity contribution in [3.05, 3.63) is 0 Å². The highest BCUT2D eigenvalue weighted by Gasteiger charge is 2.52. The Bertz CT molecular complexity index is 158. The molecule has 1 nitrogen and oxygen atoms in total. The van der Waals surface area contributed by atoms with Crippen molar-refractivity contribution in [3.8, 4) is 6.07 Å². The van der Waals surface area contributed by atoms with Crippen molar-refractivity contribution in [2.45, 2.75) is 32.1 Å². The summed E-state index contributed by atoms with van der Waals surface area (Å²) >= 11 is 0. The lowest BCUT2D eigenvalue weighted by molar-refractivity contribution is -0.0696. The summed E-state index contributed by atoms with van der Waals surface area (Å²) in [6.07, 6.45) is 6.32. The highest BCUT2D eigenvalue weighted by molar-refractivity contribution is 5.06. The Balaban J connectivity index is 2.02. The lowest BCUT2D eigenvalue weighted by Gasteiger charge is -2.57. The van der Waals surface area contributed by atoms with Gasteiger partial charge in [0.05, 0.1) is 6.07 Å². The van der Waals surface area contributed by atoms with E-state index in [9.17, 15) is 0 Å². The van der Waals surface area contributed by atoms with Crippen molar-refractivity contribution < 1.29 is 0 Å². The molecule has 0 saturated heterocycles. The molecule has 9 heavy (non-hydrogen) atoms. The summed E-state index contributed by atoms with van der Waals surface area (Å²) in [5.41, 5.74) is 0.550. The van der Waals surface area contributed by atoms with Crippen molar-refractivity contribution in [1.82, 2.24) is 0 Å². The molecule has 0 unspecified atom stereocenters. The van der Waals surface area contributed by atoms with Crippen molar-refractivity contribution in [3.63, 3.8) is 0 Å². The third kappa shape index (κ3) is 0.489. The van der Waals surface area contributed by atoms with E-state index in [0.29, 0.717) is 5.41 Å². The van der Waals surface area contributed by atoms with Crippen molar-refractivity contribution in [2.24, 2.45) is 11.3 Å². The summed E-state index contributed by atoms with van der Waals surface area (Å²) in [4.78, 5) is 0. The zero-order valence-electron chi connectivity index (χ0n) is 5.56. The predicted molar refractivity (Wildman–Crippen MR) is 34.6 cm³/mol. The molecular weight excluding hydrogens is 110 g/mol. The number of hydrogen-bond donors (Lipinski definition) is 0. The molecule has 0 amide bonds. The molecule has 2 aliphatic rings. The second kappa shape index (κ2) is 1.50. The molecule has 0 atom stereocenters. The number of fused-ring (bicyclic) bond motifs is 1. The normalized spacial score (nSPS) is 45.9. The average Bonchev–Trinajstić information content (AvgIpc) is 1.86. The lowest BCUT2D eigenvalue weighted by Crippen LogP contribution is -2.48. The molecule has 0 radical (unpaired) electrons. The molecular formula is C8H11N. The summed E-state index contributed by atoms with van der Waals surface area (Å²) in [5.74, 6) is 0.956. The zero-order valence-corrected chi connectivity index (χ0v) is 5.56. The maximum Gasteiger partial charge on any atom is 0.0627 e. The van der Waals surface area contributed by atoms with Crippen LogP contribution in [0.1, 0.15) is 32.1 Å². The number of nitriles is 1. The predicted octanol–water partition coefficient (Wildman–Crippen LogP) is 2.09. The smallest absolute Gasteiger partial charge is 0.0627 e. The van der Waals surface area contributed by atoms with Gasteiger partial charge in [-0.3, -0.25) is 0 Å². The second-order valence-electron chi connectivity index (χ2n) is 3.47. The molecule has 2 aliphatic carbocycles. The number of hydrogen-bond acceptors (Lipinski definition) is 1. The average molecular weight is 121 g/mol. The summed E-state index contributed by atoms with van der Waals surface area (Å²) in [5, 5.41) is 8.47. The van der Waals surface area contributed by atoms with E-state index in [-0.39, 0.29) is 0 Å². The van der Waals surface area contributed by atoms with Crippen LogP contribution >= 0.6 is 0 Å². The van der Waals surface area contributed by atoms with Crippen LogP contribution in [0.2, 0.25) is 0 Å². The van der Waals surface area contributed by atoms with Crippen LogP contribution in [0.4, 0.5) is 0 Å². The van der Waals surface area contributed by atoms with E-state index < -0.39 is 0 Å². The van der Waals surface area contributed by atoms with E-state index in [4.69, 9.17) is 5.26 Å². The fraction of sp³-hybridized carbons (Fsp3) is 0.875. The van der Waals surface area contributed by atoms with Crippen molar-refractivity contribution in [2.75, 3.05) is 0 Å². The largest absolute Gasteiger partial charge is 0.198 e. The quantitative estimate of drug-likeness (QED) is 0.521. The first-order chi connectivity index (χ1) is 4.37. The van der Waals surface area contributed by atoms with Gasteiger partial charge in [-0.2, -0.15) is 5.26 Å². The molecule has 2 fully saturated rings. The highest BCUT2D eigenvalue weighted by Crippen LogP contribution is 2.62. The van der Waals surface area contributed by atoms with E-state index in [0.717, 1.165) is 12.3 Å². The molecule has 48 valence electrons. The van der Waals surface area contributed by atoms with E-state index in [1.165, 1.54) is 25.7 Å². The number of rotatable bonds is 1. The monoisotopic (exact) mass is 121 g/mol. The minimum absolute atomic E-state index is 0.550. The molecule has 0 N–H and O–H groups in total. The SMILES string of the molecule is N#CCC12CCC1CC2. The van der Waals surface area contributed by atoms with E-state index in [1.807, 2.05) is 0 Å². The first-order valence-corrected chi connectivity index (χ1v) is 3.74. The zero-order chi connectivity index (χ0) is 6.32. The standard InChI is InChI=1S/C8H11N/c9-6-5-8-3-1-7(8)2-4-8/h7H,1-5H2. The maximum absolute atomic E-state index is 8.47. The van der Waals surface area contributed by atoms with E-state index in [2.05, 4.69) is 6.07 Å². The molecule has 0 aromatic rings. The molecule has 0 heterocycles. The Morgan fingerprint density at radius 2 is 2.11 bits per heavy atom. The Morgan fingerprint density at radius 1 is 1.44 bits per heavy atom. The van der Waals surface area contributed by atoms with Crippen LogP contribution in [-0.2, 0) is 0 Å². The minimum Gasteiger partial charge on any atom is -0.198 e. The second-order valence-corrected chi connectivity index (χ2v) is 3.47. The molecule has 0 aliphatic heterocycles. The third-order valence-electron chi connectivity index (χ3n) is 3.28. The molecule has 0 aromatic heterocycles. The van der Waals surface area contributed by atoms with Crippen molar-refractivity contribution in [1.29, 1.82) is 5.26 Å². The first kappa shape index (κ1) is 5.29. The van der Waals surface area contributed by atoms with Gasteiger partial charge in [0.2, 0.25) is 0 Å². The molecule has 0 aromatic carbocycles.